The number of pyridine rings is 1. The fourth-order valence-corrected chi connectivity index (χ4v) is 2.88. The van der Waals surface area contributed by atoms with E-state index in [1.165, 1.54) is 5.56 Å². The normalized spacial score (nSPS) is 25.1. The molecule has 17 heavy (non-hydrogen) atoms. The Labute approximate surface area is 119 Å². The third kappa shape index (κ3) is 3.01. The van der Waals surface area contributed by atoms with Gasteiger partial charge in [-0.3, -0.25) is 0 Å². The van der Waals surface area contributed by atoms with Crippen molar-refractivity contribution in [2.75, 3.05) is 23.4 Å². The summed E-state index contributed by atoms with van der Waals surface area (Å²) in [6.07, 6.45) is 2.10. The summed E-state index contributed by atoms with van der Waals surface area (Å²) in [5.74, 6) is 1.06. The van der Waals surface area contributed by atoms with Gasteiger partial charge < -0.3 is 9.64 Å². The second-order valence-electron chi connectivity index (χ2n) is 4.41. The minimum atomic E-state index is 0.246. The predicted molar refractivity (Wildman–Crippen MR) is 77.0 cm³/mol. The molecule has 3 nitrogen and oxygen atoms in total. The Morgan fingerprint density at radius 3 is 3.00 bits per heavy atom. The predicted octanol–water partition coefficient (Wildman–Crippen LogP) is 3.14. The Bertz CT molecular complexity index is 400. The third-order valence-corrected chi connectivity index (χ3v) is 4.12. The molecule has 5 heteroatoms. The van der Waals surface area contributed by atoms with Gasteiger partial charge in [0.05, 0.1) is 18.8 Å². The van der Waals surface area contributed by atoms with Crippen LogP contribution in [0, 0.1) is 6.92 Å². The van der Waals surface area contributed by atoms with Gasteiger partial charge in [0.2, 0.25) is 0 Å². The zero-order valence-electron chi connectivity index (χ0n) is 9.99. The molecule has 0 bridgehead atoms. The fourth-order valence-electron chi connectivity index (χ4n) is 2.04. The number of aryl methyl sites for hydroxylation is 1. The molecule has 2 rings (SSSR count). The maximum Gasteiger partial charge on any atom is 0.131 e. The quantitative estimate of drug-likeness (QED) is 0.755. The highest BCUT2D eigenvalue weighted by Gasteiger charge is 2.27. The van der Waals surface area contributed by atoms with E-state index in [0.717, 1.165) is 28.8 Å². The minimum absolute atomic E-state index is 0.246. The van der Waals surface area contributed by atoms with Crippen molar-refractivity contribution in [3.8, 4) is 0 Å². The lowest BCUT2D eigenvalue weighted by atomic mass is 10.1. The molecule has 0 saturated carbocycles. The fraction of sp³-hybridized carbons (Fsp3) is 0.583. The summed E-state index contributed by atoms with van der Waals surface area (Å²) in [6, 6.07) is 2.48. The number of anilines is 1. The van der Waals surface area contributed by atoms with E-state index in [-0.39, 0.29) is 6.10 Å². The van der Waals surface area contributed by atoms with Crippen LogP contribution in [0.4, 0.5) is 5.82 Å². The van der Waals surface area contributed by atoms with Crippen molar-refractivity contribution >= 4 is 37.7 Å². The van der Waals surface area contributed by atoms with Gasteiger partial charge in [0, 0.05) is 22.5 Å². The lowest BCUT2D eigenvalue weighted by Gasteiger charge is -2.39. The van der Waals surface area contributed by atoms with Crippen LogP contribution in [0.25, 0.3) is 0 Å². The summed E-state index contributed by atoms with van der Waals surface area (Å²) in [7, 11) is 0. The number of alkyl halides is 1. The average Bonchev–Trinajstić information content (AvgIpc) is 2.30. The Morgan fingerprint density at radius 2 is 2.35 bits per heavy atom. The molecule has 2 atom stereocenters. The number of rotatable bonds is 2. The smallest absolute Gasteiger partial charge is 0.131 e. The van der Waals surface area contributed by atoms with Gasteiger partial charge in [0.1, 0.15) is 5.82 Å². The van der Waals surface area contributed by atoms with E-state index in [9.17, 15) is 0 Å². The average molecular weight is 364 g/mol. The van der Waals surface area contributed by atoms with E-state index in [1.54, 1.807) is 0 Å². The second kappa shape index (κ2) is 5.67. The van der Waals surface area contributed by atoms with Crippen LogP contribution in [0.3, 0.4) is 0 Å². The third-order valence-electron chi connectivity index (χ3n) is 2.97. The van der Waals surface area contributed by atoms with Crippen molar-refractivity contribution in [3.63, 3.8) is 0 Å². The lowest BCUT2D eigenvalue weighted by Crippen LogP contribution is -2.49. The molecule has 0 radical (unpaired) electrons. The summed E-state index contributed by atoms with van der Waals surface area (Å²) < 4.78 is 6.75. The van der Waals surface area contributed by atoms with Crippen molar-refractivity contribution in [1.82, 2.24) is 4.98 Å². The Balaban J connectivity index is 2.24. The van der Waals surface area contributed by atoms with Gasteiger partial charge in [-0.2, -0.15) is 0 Å². The van der Waals surface area contributed by atoms with E-state index in [4.69, 9.17) is 4.74 Å². The topological polar surface area (TPSA) is 25.4 Å². The molecule has 1 aliphatic rings. The van der Waals surface area contributed by atoms with E-state index < -0.39 is 0 Å². The number of ether oxygens (including phenoxy) is 1. The van der Waals surface area contributed by atoms with Crippen molar-refractivity contribution < 1.29 is 4.74 Å². The van der Waals surface area contributed by atoms with Crippen LogP contribution >= 0.6 is 31.9 Å². The van der Waals surface area contributed by atoms with Crippen LogP contribution in [0.2, 0.25) is 0 Å². The number of nitrogens with zero attached hydrogens (tertiary/aromatic N) is 2. The van der Waals surface area contributed by atoms with Gasteiger partial charge >= 0.3 is 0 Å². The number of hydrogen-bond acceptors (Lipinski definition) is 3. The number of hydrogen-bond donors (Lipinski definition) is 0. The highest BCUT2D eigenvalue weighted by Crippen LogP contribution is 2.25. The maximum atomic E-state index is 5.73. The van der Waals surface area contributed by atoms with Crippen LogP contribution in [0.15, 0.2) is 16.7 Å². The molecule has 1 aromatic heterocycles. The highest BCUT2D eigenvalue weighted by molar-refractivity contribution is 9.10. The minimum Gasteiger partial charge on any atom is -0.373 e. The van der Waals surface area contributed by atoms with Crippen LogP contribution in [-0.2, 0) is 4.74 Å². The molecule has 1 aromatic rings. The molecular weight excluding hydrogens is 348 g/mol. The second-order valence-corrected chi connectivity index (χ2v) is 5.97. The van der Waals surface area contributed by atoms with Crippen LogP contribution in [0.5, 0.6) is 0 Å². The largest absolute Gasteiger partial charge is 0.373 e. The van der Waals surface area contributed by atoms with Crippen molar-refractivity contribution in [2.24, 2.45) is 0 Å². The Morgan fingerprint density at radius 1 is 1.59 bits per heavy atom. The standard InChI is InChI=1S/C12H16Br2N2O/c1-8-3-10(14)5-15-12(8)16-6-11(4-13)17-7-9(16)2/h3,5,9,11H,4,6-7H2,1-2H3. The first-order chi connectivity index (χ1) is 8.11. The molecule has 0 aliphatic carbocycles. The first-order valence-corrected chi connectivity index (χ1v) is 7.59. The van der Waals surface area contributed by atoms with E-state index >= 15 is 0 Å². The number of halogens is 2. The monoisotopic (exact) mass is 362 g/mol. The molecule has 1 fully saturated rings. The van der Waals surface area contributed by atoms with Gasteiger partial charge in [-0.25, -0.2) is 4.98 Å². The summed E-state index contributed by atoms with van der Waals surface area (Å²) >= 11 is 6.93. The van der Waals surface area contributed by atoms with Gasteiger partial charge in [0.15, 0.2) is 0 Å². The molecule has 0 N–H and O–H groups in total. The van der Waals surface area contributed by atoms with Crippen molar-refractivity contribution in [3.05, 3.63) is 22.3 Å². The molecule has 2 heterocycles. The van der Waals surface area contributed by atoms with Crippen molar-refractivity contribution in [2.45, 2.75) is 26.0 Å². The number of aromatic nitrogens is 1. The van der Waals surface area contributed by atoms with Gasteiger partial charge in [-0.15, -0.1) is 0 Å². The van der Waals surface area contributed by atoms with Gasteiger partial charge in [-0.05, 0) is 41.4 Å². The highest BCUT2D eigenvalue weighted by atomic mass is 79.9. The van der Waals surface area contributed by atoms with Crippen LogP contribution in [0.1, 0.15) is 12.5 Å². The van der Waals surface area contributed by atoms with E-state index in [1.807, 2.05) is 6.20 Å². The van der Waals surface area contributed by atoms with Crippen molar-refractivity contribution in [1.29, 1.82) is 0 Å². The SMILES string of the molecule is Cc1cc(Br)cnc1N1CC(CBr)OCC1C. The molecule has 1 saturated heterocycles. The summed E-state index contributed by atoms with van der Waals surface area (Å²) in [5.41, 5.74) is 1.20. The van der Waals surface area contributed by atoms with Gasteiger partial charge in [0.25, 0.3) is 0 Å². The van der Waals surface area contributed by atoms with E-state index in [0.29, 0.717) is 6.04 Å². The Hall–Kier alpha value is -0.130. The summed E-state index contributed by atoms with van der Waals surface area (Å²) in [5, 5.41) is 0.867. The molecule has 2 unspecified atom stereocenters. The van der Waals surface area contributed by atoms with Gasteiger partial charge in [-0.1, -0.05) is 15.9 Å². The first kappa shape index (κ1) is 13.3. The molecule has 1 aliphatic heterocycles. The maximum absolute atomic E-state index is 5.73. The zero-order valence-corrected chi connectivity index (χ0v) is 13.2. The summed E-state index contributed by atoms with van der Waals surface area (Å²) in [4.78, 5) is 6.86. The Kier molecular flexibility index (Phi) is 4.44. The first-order valence-electron chi connectivity index (χ1n) is 5.68. The summed E-state index contributed by atoms with van der Waals surface area (Å²) in [6.45, 7) is 5.92. The molecule has 94 valence electrons. The zero-order chi connectivity index (χ0) is 12.4. The number of morpholine rings is 1. The van der Waals surface area contributed by atoms with Crippen LogP contribution < -0.4 is 4.90 Å². The van der Waals surface area contributed by atoms with Crippen LogP contribution in [-0.4, -0.2) is 35.6 Å². The molecule has 0 spiro atoms. The molecule has 0 aromatic carbocycles. The molecule has 0 amide bonds. The van der Waals surface area contributed by atoms with E-state index in [2.05, 4.69) is 61.7 Å². The lowest BCUT2D eigenvalue weighted by molar-refractivity contribution is 0.0376. The molecular formula is C12H16Br2N2O.